The van der Waals surface area contributed by atoms with E-state index in [-0.39, 0.29) is 0 Å². The molecule has 0 spiro atoms. The van der Waals surface area contributed by atoms with Crippen molar-refractivity contribution >= 4 is 0 Å². The van der Waals surface area contributed by atoms with Crippen LogP contribution < -0.4 is 4.74 Å². The van der Waals surface area contributed by atoms with E-state index in [1.54, 1.807) is 7.11 Å². The molecule has 0 aliphatic rings. The summed E-state index contributed by atoms with van der Waals surface area (Å²) in [5, 5.41) is 8.79. The number of methoxy groups -OCH3 is 1. The van der Waals surface area contributed by atoms with E-state index in [2.05, 4.69) is 32.0 Å². The lowest BCUT2D eigenvalue weighted by Gasteiger charge is -2.16. The van der Waals surface area contributed by atoms with E-state index < -0.39 is 0 Å². The summed E-state index contributed by atoms with van der Waals surface area (Å²) in [4.78, 5) is 0. The molecule has 0 aliphatic heterocycles. The Morgan fingerprint density at radius 1 is 1.40 bits per heavy atom. The van der Waals surface area contributed by atoms with Gasteiger partial charge in [-0.05, 0) is 24.0 Å². The number of aryl methyl sites for hydroxylation is 1. The summed E-state index contributed by atoms with van der Waals surface area (Å²) >= 11 is 0. The number of nitrogens with zero attached hydrogens (tertiary/aromatic N) is 1. The third-order valence-electron chi connectivity index (χ3n) is 2.61. The topological polar surface area (TPSA) is 33.0 Å². The third kappa shape index (κ3) is 2.30. The number of nitriles is 1. The van der Waals surface area contributed by atoms with Crippen molar-refractivity contribution in [2.24, 2.45) is 0 Å². The molecule has 0 aromatic heterocycles. The molecule has 1 aromatic rings. The normalized spacial score (nSPS) is 10.1. The molecule has 15 heavy (non-hydrogen) atoms. The van der Waals surface area contributed by atoms with Crippen LogP contribution >= 0.6 is 0 Å². The molecule has 0 saturated heterocycles. The molecule has 0 unspecified atom stereocenters. The Balaban J connectivity index is 3.34. The van der Waals surface area contributed by atoms with Crippen molar-refractivity contribution in [2.45, 2.75) is 33.1 Å². The van der Waals surface area contributed by atoms with Crippen molar-refractivity contribution < 1.29 is 4.74 Å². The van der Waals surface area contributed by atoms with E-state index in [4.69, 9.17) is 10.00 Å². The van der Waals surface area contributed by atoms with Gasteiger partial charge in [0.2, 0.25) is 0 Å². The van der Waals surface area contributed by atoms with Gasteiger partial charge >= 0.3 is 0 Å². The minimum absolute atomic E-state index is 0.412. The summed E-state index contributed by atoms with van der Waals surface area (Å²) in [6.07, 6.45) is 0.412. The highest BCUT2D eigenvalue weighted by Gasteiger charge is 2.13. The lowest BCUT2D eigenvalue weighted by atomic mass is 9.95. The van der Waals surface area contributed by atoms with Gasteiger partial charge in [0.05, 0.1) is 19.6 Å². The molecular weight excluding hydrogens is 186 g/mol. The molecule has 0 aliphatic carbocycles. The second kappa shape index (κ2) is 4.84. The van der Waals surface area contributed by atoms with Gasteiger partial charge in [-0.2, -0.15) is 5.26 Å². The van der Waals surface area contributed by atoms with Crippen LogP contribution in [0.25, 0.3) is 0 Å². The predicted molar refractivity (Wildman–Crippen MR) is 61.1 cm³/mol. The molecule has 0 N–H and O–H groups in total. The van der Waals surface area contributed by atoms with E-state index >= 15 is 0 Å². The standard InChI is InChI=1S/C13H17NO/c1-9(2)11-6-5-10(3)12(7-8-14)13(11)15-4/h5-6,9H,7H2,1-4H3. The molecule has 0 radical (unpaired) electrons. The van der Waals surface area contributed by atoms with Gasteiger partial charge in [-0.25, -0.2) is 0 Å². The van der Waals surface area contributed by atoms with Gasteiger partial charge in [0.25, 0.3) is 0 Å². The Kier molecular flexibility index (Phi) is 3.74. The van der Waals surface area contributed by atoms with Gasteiger partial charge in [0.15, 0.2) is 0 Å². The molecule has 0 amide bonds. The van der Waals surface area contributed by atoms with Gasteiger partial charge < -0.3 is 4.74 Å². The minimum atomic E-state index is 0.412. The lowest BCUT2D eigenvalue weighted by molar-refractivity contribution is 0.403. The Morgan fingerprint density at radius 2 is 2.07 bits per heavy atom. The molecule has 0 saturated carbocycles. The van der Waals surface area contributed by atoms with Crippen LogP contribution in [0.15, 0.2) is 12.1 Å². The smallest absolute Gasteiger partial charge is 0.126 e. The van der Waals surface area contributed by atoms with E-state index in [9.17, 15) is 0 Å². The highest BCUT2D eigenvalue weighted by molar-refractivity contribution is 5.48. The van der Waals surface area contributed by atoms with Gasteiger partial charge in [0, 0.05) is 5.56 Å². The van der Waals surface area contributed by atoms with Crippen LogP contribution in [-0.2, 0) is 6.42 Å². The van der Waals surface area contributed by atoms with Crippen LogP contribution in [0.2, 0.25) is 0 Å². The first-order valence-electron chi connectivity index (χ1n) is 5.15. The van der Waals surface area contributed by atoms with Crippen LogP contribution in [0.5, 0.6) is 5.75 Å². The third-order valence-corrected chi connectivity index (χ3v) is 2.61. The van der Waals surface area contributed by atoms with Gasteiger partial charge in [-0.1, -0.05) is 26.0 Å². The van der Waals surface area contributed by atoms with Crippen molar-refractivity contribution in [3.63, 3.8) is 0 Å². The summed E-state index contributed by atoms with van der Waals surface area (Å²) < 4.78 is 5.42. The molecule has 0 fully saturated rings. The summed E-state index contributed by atoms with van der Waals surface area (Å²) in [7, 11) is 1.67. The first kappa shape index (κ1) is 11.6. The largest absolute Gasteiger partial charge is 0.496 e. The predicted octanol–water partition coefficient (Wildman–Crippen LogP) is 3.19. The monoisotopic (exact) mass is 203 g/mol. The molecule has 0 atom stereocenters. The van der Waals surface area contributed by atoms with Crippen molar-refractivity contribution in [3.05, 3.63) is 28.8 Å². The average molecular weight is 203 g/mol. The number of ether oxygens (including phenoxy) is 1. The van der Waals surface area contributed by atoms with E-state index in [0.29, 0.717) is 12.3 Å². The fourth-order valence-electron chi connectivity index (χ4n) is 1.74. The number of hydrogen-bond donors (Lipinski definition) is 0. The van der Waals surface area contributed by atoms with Gasteiger partial charge in [0.1, 0.15) is 5.75 Å². The van der Waals surface area contributed by atoms with Gasteiger partial charge in [-0.15, -0.1) is 0 Å². The fourth-order valence-corrected chi connectivity index (χ4v) is 1.74. The van der Waals surface area contributed by atoms with Crippen LogP contribution in [-0.4, -0.2) is 7.11 Å². The zero-order valence-corrected chi connectivity index (χ0v) is 9.79. The first-order chi connectivity index (χ1) is 7.11. The van der Waals surface area contributed by atoms with E-state index in [0.717, 1.165) is 16.9 Å². The molecule has 0 bridgehead atoms. The maximum absolute atomic E-state index is 8.79. The first-order valence-corrected chi connectivity index (χ1v) is 5.15. The van der Waals surface area contributed by atoms with E-state index in [1.807, 2.05) is 6.92 Å². The highest BCUT2D eigenvalue weighted by Crippen LogP contribution is 2.32. The Bertz CT molecular complexity index is 388. The molecule has 0 heterocycles. The van der Waals surface area contributed by atoms with E-state index in [1.165, 1.54) is 5.56 Å². The second-order valence-electron chi connectivity index (χ2n) is 3.97. The highest BCUT2D eigenvalue weighted by atomic mass is 16.5. The van der Waals surface area contributed by atoms with Gasteiger partial charge in [-0.3, -0.25) is 0 Å². The summed E-state index contributed by atoms with van der Waals surface area (Å²) in [6, 6.07) is 6.33. The maximum atomic E-state index is 8.79. The molecule has 80 valence electrons. The summed E-state index contributed by atoms with van der Waals surface area (Å²) in [6.45, 7) is 6.27. The van der Waals surface area contributed by atoms with Crippen LogP contribution in [0.4, 0.5) is 0 Å². The number of benzene rings is 1. The van der Waals surface area contributed by atoms with Crippen LogP contribution in [0, 0.1) is 18.3 Å². The Morgan fingerprint density at radius 3 is 2.53 bits per heavy atom. The average Bonchev–Trinajstić information content (AvgIpc) is 2.20. The molecular formula is C13H17NO. The van der Waals surface area contributed by atoms with Crippen molar-refractivity contribution in [3.8, 4) is 11.8 Å². The summed E-state index contributed by atoms with van der Waals surface area (Å²) in [5.41, 5.74) is 3.32. The molecule has 2 nitrogen and oxygen atoms in total. The Labute approximate surface area is 91.5 Å². The Hall–Kier alpha value is -1.49. The van der Waals surface area contributed by atoms with Crippen molar-refractivity contribution in [1.82, 2.24) is 0 Å². The van der Waals surface area contributed by atoms with Crippen molar-refractivity contribution in [1.29, 1.82) is 5.26 Å². The zero-order chi connectivity index (χ0) is 11.4. The quantitative estimate of drug-likeness (QED) is 0.755. The van der Waals surface area contributed by atoms with Crippen LogP contribution in [0.3, 0.4) is 0 Å². The SMILES string of the molecule is COc1c(C(C)C)ccc(C)c1CC#N. The van der Waals surface area contributed by atoms with Crippen LogP contribution in [0.1, 0.15) is 36.5 Å². The second-order valence-corrected chi connectivity index (χ2v) is 3.97. The van der Waals surface area contributed by atoms with Crippen molar-refractivity contribution in [2.75, 3.05) is 7.11 Å². The molecule has 1 rings (SSSR count). The number of rotatable bonds is 3. The minimum Gasteiger partial charge on any atom is -0.496 e. The zero-order valence-electron chi connectivity index (χ0n) is 9.79. The molecule has 2 heteroatoms. The number of hydrogen-bond acceptors (Lipinski definition) is 2. The molecule has 1 aromatic carbocycles. The summed E-state index contributed by atoms with van der Waals surface area (Å²) in [5.74, 6) is 1.30. The fraction of sp³-hybridized carbons (Fsp3) is 0.462. The maximum Gasteiger partial charge on any atom is 0.126 e. The lowest BCUT2D eigenvalue weighted by Crippen LogP contribution is -2.01.